The Morgan fingerprint density at radius 1 is 0.765 bits per heavy atom. The first-order chi connectivity index (χ1) is 16.6. The normalized spacial score (nSPS) is 24.6. The molecule has 5 nitrogen and oxygen atoms in total. The maximum absolute atomic E-state index is 13.2. The zero-order valence-electron chi connectivity index (χ0n) is 19.1. The highest BCUT2D eigenvalue weighted by Gasteiger charge is 2.53. The van der Waals surface area contributed by atoms with Crippen LogP contribution in [0.25, 0.3) is 0 Å². The third-order valence-corrected chi connectivity index (χ3v) is 6.05. The lowest BCUT2D eigenvalue weighted by molar-refractivity contribution is -0.217. The Kier molecular flexibility index (Phi) is 8.03. The van der Waals surface area contributed by atoms with Crippen molar-refractivity contribution in [1.82, 2.24) is 0 Å². The number of benzene rings is 3. The van der Waals surface area contributed by atoms with E-state index in [2.05, 4.69) is 6.58 Å². The van der Waals surface area contributed by atoms with Crippen LogP contribution in [0.4, 0.5) is 0 Å². The van der Waals surface area contributed by atoms with Crippen LogP contribution in [0.3, 0.4) is 0 Å². The SMILES string of the molecule is C=CC1(O)CC(=O)[C@H](OCc2ccccc2)C(OCc2ccccc2)C1OCc1ccccc1. The predicted molar refractivity (Wildman–Crippen MR) is 130 cm³/mol. The minimum absolute atomic E-state index is 0.152. The molecule has 34 heavy (non-hydrogen) atoms. The molecule has 0 saturated heterocycles. The van der Waals surface area contributed by atoms with Gasteiger partial charge in [0.2, 0.25) is 0 Å². The van der Waals surface area contributed by atoms with E-state index in [0.717, 1.165) is 16.7 Å². The molecule has 0 aliphatic heterocycles. The standard InChI is InChI=1S/C29H30O5/c1-2-29(31)18-25(30)26(32-19-22-12-6-3-7-13-22)27(33-20-23-14-8-4-9-15-23)28(29)34-21-24-16-10-5-11-17-24/h2-17,26-28,31H,1,18-21H2/t26-,27?,28?,29?/m0/s1. The van der Waals surface area contributed by atoms with Crippen molar-refractivity contribution in [3.63, 3.8) is 0 Å². The van der Waals surface area contributed by atoms with Crippen molar-refractivity contribution in [2.75, 3.05) is 0 Å². The molecular weight excluding hydrogens is 428 g/mol. The van der Waals surface area contributed by atoms with Gasteiger partial charge in [-0.1, -0.05) is 97.1 Å². The monoisotopic (exact) mass is 458 g/mol. The van der Waals surface area contributed by atoms with Crippen molar-refractivity contribution in [2.45, 2.75) is 50.2 Å². The molecule has 0 amide bonds. The van der Waals surface area contributed by atoms with Gasteiger partial charge in [-0.25, -0.2) is 0 Å². The van der Waals surface area contributed by atoms with E-state index < -0.39 is 23.9 Å². The van der Waals surface area contributed by atoms with Crippen LogP contribution >= 0.6 is 0 Å². The van der Waals surface area contributed by atoms with Crippen molar-refractivity contribution in [3.05, 3.63) is 120 Å². The van der Waals surface area contributed by atoms with E-state index >= 15 is 0 Å². The quantitative estimate of drug-likeness (QED) is 0.449. The topological polar surface area (TPSA) is 65.0 Å². The van der Waals surface area contributed by atoms with Crippen molar-refractivity contribution < 1.29 is 24.1 Å². The van der Waals surface area contributed by atoms with Gasteiger partial charge in [-0.3, -0.25) is 4.79 Å². The van der Waals surface area contributed by atoms with Crippen LogP contribution in [0.2, 0.25) is 0 Å². The van der Waals surface area contributed by atoms with Crippen molar-refractivity contribution >= 4 is 5.78 Å². The summed E-state index contributed by atoms with van der Waals surface area (Å²) in [7, 11) is 0. The molecule has 0 spiro atoms. The Morgan fingerprint density at radius 3 is 1.68 bits per heavy atom. The molecule has 0 aromatic heterocycles. The lowest BCUT2D eigenvalue weighted by Gasteiger charge is -2.45. The summed E-state index contributed by atoms with van der Waals surface area (Å²) in [5.74, 6) is -0.240. The average molecular weight is 459 g/mol. The van der Waals surface area contributed by atoms with Gasteiger partial charge in [0, 0.05) is 6.42 Å². The summed E-state index contributed by atoms with van der Waals surface area (Å²) in [4.78, 5) is 13.2. The first-order valence-corrected chi connectivity index (χ1v) is 11.4. The van der Waals surface area contributed by atoms with Gasteiger partial charge in [-0.2, -0.15) is 0 Å². The van der Waals surface area contributed by atoms with Gasteiger partial charge in [0.1, 0.15) is 23.9 Å². The second kappa shape index (κ2) is 11.4. The fourth-order valence-corrected chi connectivity index (χ4v) is 4.18. The van der Waals surface area contributed by atoms with Gasteiger partial charge in [-0.05, 0) is 16.7 Å². The fourth-order valence-electron chi connectivity index (χ4n) is 4.18. The Balaban J connectivity index is 1.59. The highest BCUT2D eigenvalue weighted by Crippen LogP contribution is 2.35. The number of ether oxygens (including phenoxy) is 3. The van der Waals surface area contributed by atoms with Crippen LogP contribution in [-0.2, 0) is 38.8 Å². The summed E-state index contributed by atoms with van der Waals surface area (Å²) in [5, 5.41) is 11.4. The van der Waals surface area contributed by atoms with E-state index in [9.17, 15) is 9.90 Å². The zero-order chi connectivity index (χ0) is 23.8. The van der Waals surface area contributed by atoms with Gasteiger partial charge in [0.05, 0.1) is 19.8 Å². The molecule has 4 rings (SSSR count). The summed E-state index contributed by atoms with van der Waals surface area (Å²) in [6, 6.07) is 29.0. The lowest BCUT2D eigenvalue weighted by Crippen LogP contribution is -2.62. The number of rotatable bonds is 10. The molecule has 1 fully saturated rings. The molecule has 3 aromatic carbocycles. The molecule has 4 atom stereocenters. The van der Waals surface area contributed by atoms with Crippen LogP contribution in [0.1, 0.15) is 23.1 Å². The summed E-state index contributed by atoms with van der Waals surface area (Å²) in [6.45, 7) is 4.55. The van der Waals surface area contributed by atoms with E-state index in [4.69, 9.17) is 14.2 Å². The fraction of sp³-hybridized carbons (Fsp3) is 0.276. The summed E-state index contributed by atoms with van der Waals surface area (Å²) in [6.07, 6.45) is -1.32. The zero-order valence-corrected chi connectivity index (χ0v) is 19.1. The van der Waals surface area contributed by atoms with Gasteiger partial charge >= 0.3 is 0 Å². The Hall–Kier alpha value is -3.09. The molecular formula is C29H30O5. The van der Waals surface area contributed by atoms with Gasteiger partial charge in [0.15, 0.2) is 5.78 Å². The first kappa shape index (κ1) is 24.0. The maximum Gasteiger partial charge on any atom is 0.167 e. The number of carbonyl (C=O) groups is 1. The summed E-state index contributed by atoms with van der Waals surface area (Å²) < 4.78 is 18.6. The average Bonchev–Trinajstić information content (AvgIpc) is 2.88. The minimum atomic E-state index is -1.57. The minimum Gasteiger partial charge on any atom is -0.382 e. The molecule has 1 saturated carbocycles. The molecule has 0 heterocycles. The molecule has 3 unspecified atom stereocenters. The van der Waals surface area contributed by atoms with Crippen LogP contribution in [0.15, 0.2) is 104 Å². The molecule has 5 heteroatoms. The molecule has 3 aromatic rings. The molecule has 1 aliphatic carbocycles. The van der Waals surface area contributed by atoms with Crippen molar-refractivity contribution in [2.24, 2.45) is 0 Å². The maximum atomic E-state index is 13.2. The van der Waals surface area contributed by atoms with Gasteiger partial charge < -0.3 is 19.3 Å². The molecule has 0 bridgehead atoms. The largest absolute Gasteiger partial charge is 0.382 e. The molecule has 1 aliphatic rings. The van der Waals surface area contributed by atoms with E-state index in [1.165, 1.54) is 6.08 Å². The van der Waals surface area contributed by atoms with E-state index in [1.54, 1.807) is 0 Å². The molecule has 0 radical (unpaired) electrons. The smallest absolute Gasteiger partial charge is 0.167 e. The number of Topliss-reactive ketones (excluding diaryl/α,β-unsaturated/α-hetero) is 1. The lowest BCUT2D eigenvalue weighted by atomic mass is 9.77. The highest BCUT2D eigenvalue weighted by atomic mass is 16.6. The second-order valence-electron chi connectivity index (χ2n) is 8.53. The third-order valence-electron chi connectivity index (χ3n) is 6.05. The van der Waals surface area contributed by atoms with Crippen LogP contribution in [0, 0.1) is 0 Å². The Labute approximate surface area is 200 Å². The number of hydrogen-bond acceptors (Lipinski definition) is 5. The van der Waals surface area contributed by atoms with Crippen LogP contribution < -0.4 is 0 Å². The number of ketones is 1. The Morgan fingerprint density at radius 2 is 1.21 bits per heavy atom. The predicted octanol–water partition coefficient (Wildman–Crippen LogP) is 4.63. The van der Waals surface area contributed by atoms with Gasteiger partial charge in [0.25, 0.3) is 0 Å². The van der Waals surface area contributed by atoms with Crippen LogP contribution in [0.5, 0.6) is 0 Å². The van der Waals surface area contributed by atoms with Crippen molar-refractivity contribution in [1.29, 1.82) is 0 Å². The highest BCUT2D eigenvalue weighted by molar-refractivity contribution is 5.86. The Bertz CT molecular complexity index is 1050. The van der Waals surface area contributed by atoms with Gasteiger partial charge in [-0.15, -0.1) is 6.58 Å². The number of hydrogen-bond donors (Lipinski definition) is 1. The van der Waals surface area contributed by atoms with E-state index in [0.29, 0.717) is 0 Å². The molecule has 176 valence electrons. The van der Waals surface area contributed by atoms with Crippen molar-refractivity contribution in [3.8, 4) is 0 Å². The second-order valence-corrected chi connectivity index (χ2v) is 8.53. The first-order valence-electron chi connectivity index (χ1n) is 11.4. The van der Waals surface area contributed by atoms with E-state index in [-0.39, 0.29) is 32.0 Å². The summed E-state index contributed by atoms with van der Waals surface area (Å²) in [5.41, 5.74) is 1.28. The number of aliphatic hydroxyl groups is 1. The van der Waals surface area contributed by atoms with Crippen LogP contribution in [-0.4, -0.2) is 34.8 Å². The number of carbonyl (C=O) groups excluding carboxylic acids is 1. The third kappa shape index (κ3) is 5.88. The summed E-state index contributed by atoms with van der Waals surface area (Å²) >= 11 is 0. The van der Waals surface area contributed by atoms with E-state index in [1.807, 2.05) is 91.0 Å². The molecule has 1 N–H and O–H groups in total.